The van der Waals surface area contributed by atoms with E-state index in [0.717, 1.165) is 31.5 Å². The van der Waals surface area contributed by atoms with Crippen molar-refractivity contribution in [3.8, 4) is 0 Å². The van der Waals surface area contributed by atoms with Crippen LogP contribution in [0.25, 0.3) is 0 Å². The van der Waals surface area contributed by atoms with E-state index < -0.39 is 0 Å². The Kier molecular flexibility index (Phi) is 4.70. The van der Waals surface area contributed by atoms with E-state index in [9.17, 15) is 0 Å². The van der Waals surface area contributed by atoms with Crippen LogP contribution in [0.3, 0.4) is 0 Å². The first-order valence-corrected chi connectivity index (χ1v) is 5.20. The molecule has 1 aliphatic rings. The third-order valence-electron chi connectivity index (χ3n) is 2.74. The molecule has 1 fully saturated rings. The Hall–Kier alpha value is -0.120. The monoisotopic (exact) mass is 186 g/mol. The second-order valence-corrected chi connectivity index (χ2v) is 4.22. The lowest BCUT2D eigenvalue weighted by Crippen LogP contribution is -2.45. The molecule has 1 saturated carbocycles. The van der Waals surface area contributed by atoms with Crippen LogP contribution in [0.4, 0.5) is 0 Å². The molecule has 0 aromatic heterocycles. The van der Waals surface area contributed by atoms with Crippen LogP contribution in [0.5, 0.6) is 0 Å². The molecule has 0 heterocycles. The molecule has 0 spiro atoms. The number of ether oxygens (including phenoxy) is 1. The van der Waals surface area contributed by atoms with E-state index in [2.05, 4.69) is 12.2 Å². The van der Waals surface area contributed by atoms with Gasteiger partial charge in [-0.2, -0.15) is 0 Å². The Morgan fingerprint density at radius 3 is 2.77 bits per heavy atom. The normalized spacial score (nSPS) is 29.8. The number of hydrogen-bond donors (Lipinski definition) is 2. The maximum atomic E-state index is 5.88. The fourth-order valence-corrected chi connectivity index (χ4v) is 1.76. The minimum Gasteiger partial charge on any atom is -0.385 e. The van der Waals surface area contributed by atoms with Crippen molar-refractivity contribution in [1.29, 1.82) is 0 Å². The van der Waals surface area contributed by atoms with Gasteiger partial charge in [-0.05, 0) is 25.2 Å². The number of nitrogens with two attached hydrogens (primary N) is 1. The fraction of sp³-hybridized carbons (Fsp3) is 1.00. The Balaban J connectivity index is 1.92. The molecule has 0 bridgehead atoms. The minimum absolute atomic E-state index is 0.246. The van der Waals surface area contributed by atoms with Crippen LogP contribution in [0, 0.1) is 5.92 Å². The molecule has 0 aliphatic heterocycles. The van der Waals surface area contributed by atoms with Crippen LogP contribution >= 0.6 is 0 Å². The van der Waals surface area contributed by atoms with Crippen molar-refractivity contribution in [3.05, 3.63) is 0 Å². The molecule has 0 aromatic carbocycles. The van der Waals surface area contributed by atoms with Gasteiger partial charge in [0.15, 0.2) is 0 Å². The Morgan fingerprint density at radius 1 is 1.54 bits per heavy atom. The average Bonchev–Trinajstić information content (AvgIpc) is 2.07. The Labute approximate surface area is 81.0 Å². The van der Waals surface area contributed by atoms with E-state index in [4.69, 9.17) is 10.5 Å². The molecule has 3 N–H and O–H groups in total. The third-order valence-corrected chi connectivity index (χ3v) is 2.74. The first-order chi connectivity index (χ1) is 6.22. The summed E-state index contributed by atoms with van der Waals surface area (Å²) in [6, 6.07) is 0.972. The van der Waals surface area contributed by atoms with E-state index >= 15 is 0 Å². The highest BCUT2D eigenvalue weighted by atomic mass is 16.5. The lowest BCUT2D eigenvalue weighted by molar-refractivity contribution is 0.183. The summed E-state index contributed by atoms with van der Waals surface area (Å²) < 4.78 is 4.97. The van der Waals surface area contributed by atoms with Gasteiger partial charge in [0.25, 0.3) is 0 Å². The number of nitrogens with one attached hydrogen (secondary N) is 1. The molecule has 0 radical (unpaired) electrons. The van der Waals surface area contributed by atoms with Crippen molar-refractivity contribution in [1.82, 2.24) is 5.32 Å². The van der Waals surface area contributed by atoms with Gasteiger partial charge in [0.2, 0.25) is 0 Å². The zero-order chi connectivity index (χ0) is 9.68. The van der Waals surface area contributed by atoms with E-state index in [1.165, 1.54) is 12.8 Å². The van der Waals surface area contributed by atoms with Gasteiger partial charge in [-0.15, -0.1) is 0 Å². The predicted octanol–water partition coefficient (Wildman–Crippen LogP) is 0.738. The van der Waals surface area contributed by atoms with Crippen molar-refractivity contribution in [2.24, 2.45) is 11.7 Å². The summed E-state index contributed by atoms with van der Waals surface area (Å²) in [5.74, 6) is 0.910. The summed E-state index contributed by atoms with van der Waals surface area (Å²) in [4.78, 5) is 0. The zero-order valence-corrected chi connectivity index (χ0v) is 8.75. The highest BCUT2D eigenvalue weighted by Gasteiger charge is 2.24. The largest absolute Gasteiger partial charge is 0.385 e. The standard InChI is InChI=1S/C10H22N2O/c1-8-5-10(6-8)12-7-9(11)3-4-13-2/h8-10,12H,3-7,11H2,1-2H3. The van der Waals surface area contributed by atoms with Gasteiger partial charge in [0.1, 0.15) is 0 Å². The van der Waals surface area contributed by atoms with Gasteiger partial charge < -0.3 is 15.8 Å². The van der Waals surface area contributed by atoms with Crippen LogP contribution in [0.15, 0.2) is 0 Å². The van der Waals surface area contributed by atoms with Crippen LogP contribution in [-0.2, 0) is 4.74 Å². The van der Waals surface area contributed by atoms with E-state index in [0.29, 0.717) is 0 Å². The molecule has 1 atom stereocenters. The van der Waals surface area contributed by atoms with Crippen molar-refractivity contribution < 1.29 is 4.74 Å². The second-order valence-electron chi connectivity index (χ2n) is 4.22. The summed E-state index contributed by atoms with van der Waals surface area (Å²) in [7, 11) is 1.72. The molecular weight excluding hydrogens is 164 g/mol. The predicted molar refractivity (Wildman–Crippen MR) is 54.7 cm³/mol. The average molecular weight is 186 g/mol. The smallest absolute Gasteiger partial charge is 0.0477 e. The molecule has 1 rings (SSSR count). The van der Waals surface area contributed by atoms with Crippen LogP contribution in [-0.4, -0.2) is 32.3 Å². The molecule has 3 heteroatoms. The quantitative estimate of drug-likeness (QED) is 0.643. The lowest BCUT2D eigenvalue weighted by Gasteiger charge is -2.34. The maximum Gasteiger partial charge on any atom is 0.0477 e. The highest BCUT2D eigenvalue weighted by Crippen LogP contribution is 2.25. The van der Waals surface area contributed by atoms with Gasteiger partial charge >= 0.3 is 0 Å². The van der Waals surface area contributed by atoms with Gasteiger partial charge in [-0.3, -0.25) is 0 Å². The van der Waals surface area contributed by atoms with Gasteiger partial charge in [-0.1, -0.05) is 6.92 Å². The summed E-state index contributed by atoms with van der Waals surface area (Å²) in [5, 5.41) is 3.48. The first-order valence-electron chi connectivity index (χ1n) is 5.20. The van der Waals surface area contributed by atoms with Crippen LogP contribution in [0.1, 0.15) is 26.2 Å². The zero-order valence-electron chi connectivity index (χ0n) is 8.75. The summed E-state index contributed by atoms with van der Waals surface area (Å²) >= 11 is 0. The molecule has 1 unspecified atom stereocenters. The topological polar surface area (TPSA) is 47.3 Å². The van der Waals surface area contributed by atoms with Crippen molar-refractivity contribution in [2.45, 2.75) is 38.3 Å². The fourth-order valence-electron chi connectivity index (χ4n) is 1.76. The highest BCUT2D eigenvalue weighted by molar-refractivity contribution is 4.83. The Bertz CT molecular complexity index is 135. The molecule has 78 valence electrons. The van der Waals surface area contributed by atoms with E-state index in [-0.39, 0.29) is 6.04 Å². The van der Waals surface area contributed by atoms with E-state index in [1.54, 1.807) is 7.11 Å². The van der Waals surface area contributed by atoms with Crippen molar-refractivity contribution in [2.75, 3.05) is 20.3 Å². The Morgan fingerprint density at radius 2 is 2.23 bits per heavy atom. The van der Waals surface area contributed by atoms with Crippen LogP contribution in [0.2, 0.25) is 0 Å². The molecule has 13 heavy (non-hydrogen) atoms. The molecule has 1 aliphatic carbocycles. The molecule has 0 saturated heterocycles. The molecular formula is C10H22N2O. The number of methoxy groups -OCH3 is 1. The molecule has 3 nitrogen and oxygen atoms in total. The summed E-state index contributed by atoms with van der Waals surface area (Å²) in [6.07, 6.45) is 3.58. The van der Waals surface area contributed by atoms with Gasteiger partial charge in [-0.25, -0.2) is 0 Å². The maximum absolute atomic E-state index is 5.88. The second kappa shape index (κ2) is 5.58. The van der Waals surface area contributed by atoms with Gasteiger partial charge in [0.05, 0.1) is 0 Å². The summed E-state index contributed by atoms with van der Waals surface area (Å²) in [6.45, 7) is 3.99. The number of hydrogen-bond acceptors (Lipinski definition) is 3. The SMILES string of the molecule is COCCC(N)CNC1CC(C)C1. The van der Waals surface area contributed by atoms with E-state index in [1.807, 2.05) is 0 Å². The minimum atomic E-state index is 0.246. The molecule has 0 amide bonds. The number of rotatable bonds is 6. The van der Waals surface area contributed by atoms with Crippen LogP contribution < -0.4 is 11.1 Å². The van der Waals surface area contributed by atoms with Crippen molar-refractivity contribution >= 4 is 0 Å². The molecule has 0 aromatic rings. The first kappa shape index (κ1) is 11.0. The lowest BCUT2D eigenvalue weighted by atomic mass is 9.82. The van der Waals surface area contributed by atoms with Gasteiger partial charge in [0, 0.05) is 32.3 Å². The van der Waals surface area contributed by atoms with Crippen molar-refractivity contribution in [3.63, 3.8) is 0 Å². The third kappa shape index (κ3) is 4.07. The summed E-state index contributed by atoms with van der Waals surface area (Å²) in [5.41, 5.74) is 5.88.